The topological polar surface area (TPSA) is 66.6 Å². The smallest absolute Gasteiger partial charge is 0.0960 e. The lowest BCUT2D eigenvalue weighted by Crippen LogP contribution is -1.93. The van der Waals surface area contributed by atoms with E-state index in [1.54, 1.807) is 0 Å². The summed E-state index contributed by atoms with van der Waals surface area (Å²) >= 11 is 0. The number of benzene rings is 2. The number of aryl methyl sites for hydroxylation is 1. The van der Waals surface area contributed by atoms with Gasteiger partial charge >= 0.3 is 0 Å². The first-order chi connectivity index (χ1) is 10.8. The zero-order valence-electron chi connectivity index (χ0n) is 12.2. The summed E-state index contributed by atoms with van der Waals surface area (Å²) in [5, 5.41) is 8.35. The maximum Gasteiger partial charge on any atom is 0.0960 e. The largest absolute Gasteiger partial charge is 0.240 e. The van der Waals surface area contributed by atoms with Crippen LogP contribution < -0.4 is 0 Å². The zero-order valence-corrected chi connectivity index (χ0v) is 12.2. The molecule has 0 unspecified atom stereocenters. The van der Waals surface area contributed by atoms with Gasteiger partial charge in [-0.25, -0.2) is 4.68 Å². The van der Waals surface area contributed by atoms with E-state index in [0.29, 0.717) is 0 Å². The predicted molar refractivity (Wildman–Crippen MR) is 86.6 cm³/mol. The molecule has 1 aromatic heterocycles. The van der Waals surface area contributed by atoms with Gasteiger partial charge in [0.05, 0.1) is 17.9 Å². The van der Waals surface area contributed by atoms with E-state index in [2.05, 4.69) is 15.1 Å². The lowest BCUT2D eigenvalue weighted by atomic mass is 10.1. The highest BCUT2D eigenvalue weighted by Crippen LogP contribution is 2.24. The summed E-state index contributed by atoms with van der Waals surface area (Å²) in [5.74, 6) is 0. The van der Waals surface area contributed by atoms with Gasteiger partial charge in [-0.2, -0.15) is 5.10 Å². The number of nitrogens with zero attached hydrogens (tertiary/aromatic N) is 5. The predicted octanol–water partition coefficient (Wildman–Crippen LogP) is 4.66. The van der Waals surface area contributed by atoms with Crippen molar-refractivity contribution in [2.45, 2.75) is 13.5 Å². The number of aromatic nitrogens is 2. The zero-order chi connectivity index (χ0) is 15.4. The fourth-order valence-corrected chi connectivity index (χ4v) is 2.30. The minimum atomic E-state index is 0.284. The molecule has 3 rings (SSSR count). The van der Waals surface area contributed by atoms with Crippen LogP contribution in [0.5, 0.6) is 0 Å². The van der Waals surface area contributed by atoms with Crippen molar-refractivity contribution >= 4 is 0 Å². The van der Waals surface area contributed by atoms with Gasteiger partial charge in [0.15, 0.2) is 0 Å². The Bertz CT molecular complexity index is 812. The molecule has 2 aromatic carbocycles. The normalized spacial score (nSPS) is 10.2. The summed E-state index contributed by atoms with van der Waals surface area (Å²) in [4.78, 5) is 2.85. The molecule has 108 valence electrons. The Kier molecular flexibility index (Phi) is 3.90. The summed E-state index contributed by atoms with van der Waals surface area (Å²) in [6, 6.07) is 18.0. The Labute approximate surface area is 128 Å². The molecule has 5 nitrogen and oxygen atoms in total. The van der Waals surface area contributed by atoms with Crippen molar-refractivity contribution < 1.29 is 0 Å². The Morgan fingerprint density at radius 1 is 1.09 bits per heavy atom. The molecule has 0 aliphatic carbocycles. The Hall–Kier alpha value is -3.04. The average molecular weight is 289 g/mol. The Balaban J connectivity index is 2.09. The average Bonchev–Trinajstić information content (AvgIpc) is 2.98. The lowest BCUT2D eigenvalue weighted by Gasteiger charge is -2.01. The lowest BCUT2D eigenvalue weighted by molar-refractivity contribution is 0.883. The summed E-state index contributed by atoms with van der Waals surface area (Å²) in [6.45, 7) is 2.33. The van der Waals surface area contributed by atoms with E-state index in [0.717, 1.165) is 22.5 Å². The highest BCUT2D eigenvalue weighted by atomic mass is 15.3. The van der Waals surface area contributed by atoms with E-state index < -0.39 is 0 Å². The van der Waals surface area contributed by atoms with E-state index in [9.17, 15) is 0 Å². The third kappa shape index (κ3) is 2.85. The maximum atomic E-state index is 8.58. The molecule has 0 atom stereocenters. The van der Waals surface area contributed by atoms with Crippen LogP contribution in [0.25, 0.3) is 27.4 Å². The van der Waals surface area contributed by atoms with Crippen LogP contribution in [0.3, 0.4) is 0 Å². The summed E-state index contributed by atoms with van der Waals surface area (Å²) in [6.07, 6.45) is 1.92. The number of para-hydroxylation sites is 1. The van der Waals surface area contributed by atoms with Gasteiger partial charge in [-0.05, 0) is 24.6 Å². The molecule has 0 aliphatic rings. The number of rotatable bonds is 4. The van der Waals surface area contributed by atoms with E-state index in [1.165, 1.54) is 5.56 Å². The van der Waals surface area contributed by atoms with Crippen molar-refractivity contribution in [1.82, 2.24) is 9.78 Å². The molecule has 0 spiro atoms. The van der Waals surface area contributed by atoms with E-state index in [-0.39, 0.29) is 6.54 Å². The third-order valence-corrected chi connectivity index (χ3v) is 3.44. The van der Waals surface area contributed by atoms with Gasteiger partial charge in [0.25, 0.3) is 0 Å². The minimum Gasteiger partial charge on any atom is -0.240 e. The van der Waals surface area contributed by atoms with Gasteiger partial charge in [0.2, 0.25) is 0 Å². The summed E-state index contributed by atoms with van der Waals surface area (Å²) < 4.78 is 1.82. The van der Waals surface area contributed by atoms with Crippen molar-refractivity contribution in [2.24, 2.45) is 5.11 Å². The van der Waals surface area contributed by atoms with Gasteiger partial charge in [0.1, 0.15) is 0 Å². The summed E-state index contributed by atoms with van der Waals surface area (Å²) in [7, 11) is 0. The molecule has 0 fully saturated rings. The number of azide groups is 1. The highest BCUT2D eigenvalue weighted by molar-refractivity contribution is 5.63. The van der Waals surface area contributed by atoms with Crippen LogP contribution in [0.15, 0.2) is 65.9 Å². The first-order valence-electron chi connectivity index (χ1n) is 7.00. The molecule has 0 radical (unpaired) electrons. The first kappa shape index (κ1) is 13.9. The van der Waals surface area contributed by atoms with Crippen molar-refractivity contribution in [3.05, 3.63) is 82.4 Å². The molecule has 3 aromatic rings. The van der Waals surface area contributed by atoms with Crippen LogP contribution in [-0.2, 0) is 6.54 Å². The molecule has 1 heterocycles. The fourth-order valence-electron chi connectivity index (χ4n) is 2.30. The number of hydrogen-bond donors (Lipinski definition) is 0. The molecule has 0 bridgehead atoms. The van der Waals surface area contributed by atoms with Crippen molar-refractivity contribution in [3.8, 4) is 16.9 Å². The molecule has 0 saturated carbocycles. The highest BCUT2D eigenvalue weighted by Gasteiger charge is 2.11. The van der Waals surface area contributed by atoms with Crippen molar-refractivity contribution in [1.29, 1.82) is 0 Å². The summed E-state index contributed by atoms with van der Waals surface area (Å²) in [5.41, 5.74) is 13.5. The Morgan fingerprint density at radius 2 is 1.82 bits per heavy atom. The van der Waals surface area contributed by atoms with Gasteiger partial charge < -0.3 is 0 Å². The fraction of sp³-hybridized carbons (Fsp3) is 0.118. The van der Waals surface area contributed by atoms with E-state index in [4.69, 9.17) is 5.53 Å². The molecule has 0 aliphatic heterocycles. The monoisotopic (exact) mass is 289 g/mol. The van der Waals surface area contributed by atoms with E-state index >= 15 is 0 Å². The molecule has 0 N–H and O–H groups in total. The molecule has 0 saturated heterocycles. The number of hydrogen-bond acceptors (Lipinski definition) is 2. The van der Waals surface area contributed by atoms with E-state index in [1.807, 2.05) is 72.4 Å². The first-order valence-corrected chi connectivity index (χ1v) is 7.00. The molecule has 22 heavy (non-hydrogen) atoms. The Morgan fingerprint density at radius 3 is 2.50 bits per heavy atom. The molecular weight excluding hydrogens is 274 g/mol. The standard InChI is InChI=1S/C17H15N5/c1-13-7-9-14(10-8-13)17-15(11-19-21-18)12-22(20-17)16-5-3-2-4-6-16/h2-10,12H,11H2,1H3. The van der Waals surface area contributed by atoms with Crippen LogP contribution in [0.2, 0.25) is 0 Å². The van der Waals surface area contributed by atoms with Crippen LogP contribution in [0.1, 0.15) is 11.1 Å². The van der Waals surface area contributed by atoms with Gasteiger partial charge in [0, 0.05) is 22.2 Å². The second-order valence-corrected chi connectivity index (χ2v) is 5.04. The molecule has 5 heteroatoms. The van der Waals surface area contributed by atoms with Crippen molar-refractivity contribution in [3.63, 3.8) is 0 Å². The molecular formula is C17H15N5. The van der Waals surface area contributed by atoms with Gasteiger partial charge in [-0.1, -0.05) is 53.1 Å². The minimum absolute atomic E-state index is 0.284. The SMILES string of the molecule is Cc1ccc(-c2nn(-c3ccccc3)cc2CN=[N+]=[N-])cc1. The van der Waals surface area contributed by atoms with Crippen LogP contribution in [-0.4, -0.2) is 9.78 Å². The van der Waals surface area contributed by atoms with Gasteiger partial charge in [-0.3, -0.25) is 0 Å². The third-order valence-electron chi connectivity index (χ3n) is 3.44. The molecule has 0 amide bonds. The second kappa shape index (κ2) is 6.16. The second-order valence-electron chi connectivity index (χ2n) is 5.04. The quantitative estimate of drug-likeness (QED) is 0.391. The van der Waals surface area contributed by atoms with Crippen LogP contribution in [0.4, 0.5) is 0 Å². The van der Waals surface area contributed by atoms with Crippen LogP contribution >= 0.6 is 0 Å². The van der Waals surface area contributed by atoms with Gasteiger partial charge in [-0.15, -0.1) is 0 Å². The maximum absolute atomic E-state index is 8.58. The van der Waals surface area contributed by atoms with Crippen molar-refractivity contribution in [2.75, 3.05) is 0 Å². The van der Waals surface area contributed by atoms with Crippen LogP contribution in [0, 0.1) is 6.92 Å².